The van der Waals surface area contributed by atoms with Gasteiger partial charge in [0.15, 0.2) is 0 Å². The summed E-state index contributed by atoms with van der Waals surface area (Å²) in [5.41, 5.74) is 0.772. The Hall–Kier alpha value is -1.85. The summed E-state index contributed by atoms with van der Waals surface area (Å²) in [4.78, 5) is 25.5. The van der Waals surface area contributed by atoms with Crippen LogP contribution in [0.15, 0.2) is 12.4 Å². The third-order valence-electron chi connectivity index (χ3n) is 4.51. The third-order valence-corrected chi connectivity index (χ3v) is 4.51. The van der Waals surface area contributed by atoms with Crippen LogP contribution in [0, 0.1) is 0 Å². The minimum Gasteiger partial charge on any atom is -0.444 e. The quantitative estimate of drug-likeness (QED) is 0.832. The monoisotopic (exact) mass is 332 g/mol. The Balaban J connectivity index is 1.68. The summed E-state index contributed by atoms with van der Waals surface area (Å²) in [5, 5.41) is 0. The number of carbonyl (C=O) groups is 1. The van der Waals surface area contributed by atoms with Crippen LogP contribution in [0.1, 0.15) is 58.9 Å². The van der Waals surface area contributed by atoms with Crippen LogP contribution in [0.2, 0.25) is 0 Å². The van der Waals surface area contributed by atoms with Gasteiger partial charge in [-0.15, -0.1) is 0 Å². The molecule has 1 aromatic heterocycles. The van der Waals surface area contributed by atoms with Crippen LogP contribution < -0.4 is 4.90 Å². The fourth-order valence-corrected chi connectivity index (χ4v) is 3.28. The van der Waals surface area contributed by atoms with Crippen molar-refractivity contribution >= 4 is 12.0 Å². The number of hydrogen-bond acceptors (Lipinski definition) is 5. The number of amides is 1. The fourth-order valence-electron chi connectivity index (χ4n) is 3.28. The van der Waals surface area contributed by atoms with Gasteiger partial charge in [-0.1, -0.05) is 0 Å². The first-order chi connectivity index (χ1) is 11.2. The normalized spacial score (nSPS) is 24.9. The topological polar surface area (TPSA) is 58.6 Å². The first-order valence-electron chi connectivity index (χ1n) is 8.83. The Morgan fingerprint density at radius 1 is 1.12 bits per heavy atom. The first-order valence-corrected chi connectivity index (χ1v) is 8.83. The van der Waals surface area contributed by atoms with Crippen LogP contribution in [0.25, 0.3) is 0 Å². The largest absolute Gasteiger partial charge is 0.444 e. The number of aromatic nitrogens is 2. The molecule has 1 saturated carbocycles. The summed E-state index contributed by atoms with van der Waals surface area (Å²) in [6.07, 6.45) is 6.18. The standard InChI is InChI=1S/C18H28N4O2/c1-12-10-21(17(23)24-18(3,4)5)11-13(2)22(12)16-19-8-15(9-20-16)14-6-7-14/h8-9,12-14H,6-7,10-11H2,1-5H3. The molecule has 2 atom stereocenters. The number of anilines is 1. The highest BCUT2D eigenvalue weighted by molar-refractivity contribution is 5.68. The Morgan fingerprint density at radius 2 is 1.67 bits per heavy atom. The highest BCUT2D eigenvalue weighted by Gasteiger charge is 2.35. The van der Waals surface area contributed by atoms with Crippen LogP contribution in [-0.4, -0.2) is 51.7 Å². The molecule has 1 aliphatic heterocycles. The second-order valence-electron chi connectivity index (χ2n) is 8.08. The summed E-state index contributed by atoms with van der Waals surface area (Å²) in [6, 6.07) is 0.293. The maximum absolute atomic E-state index is 12.3. The summed E-state index contributed by atoms with van der Waals surface area (Å²) in [5.74, 6) is 1.42. The van der Waals surface area contributed by atoms with Gasteiger partial charge < -0.3 is 14.5 Å². The Morgan fingerprint density at radius 3 is 2.12 bits per heavy atom. The smallest absolute Gasteiger partial charge is 0.410 e. The molecule has 132 valence electrons. The van der Waals surface area contributed by atoms with Crippen molar-refractivity contribution in [2.24, 2.45) is 0 Å². The molecular weight excluding hydrogens is 304 g/mol. The van der Waals surface area contributed by atoms with E-state index in [1.54, 1.807) is 4.90 Å². The molecule has 1 saturated heterocycles. The maximum atomic E-state index is 12.3. The Labute approximate surface area is 144 Å². The van der Waals surface area contributed by atoms with Crippen molar-refractivity contribution < 1.29 is 9.53 Å². The van der Waals surface area contributed by atoms with Crippen molar-refractivity contribution in [3.63, 3.8) is 0 Å². The molecule has 0 radical (unpaired) electrons. The van der Waals surface area contributed by atoms with Gasteiger partial charge in [0.25, 0.3) is 0 Å². The van der Waals surface area contributed by atoms with Crippen LogP contribution in [0.3, 0.4) is 0 Å². The molecule has 0 aromatic carbocycles. The van der Waals surface area contributed by atoms with E-state index in [1.807, 2.05) is 33.2 Å². The summed E-state index contributed by atoms with van der Waals surface area (Å²) in [7, 11) is 0. The molecule has 1 aliphatic carbocycles. The lowest BCUT2D eigenvalue weighted by Gasteiger charge is -2.44. The minimum absolute atomic E-state index is 0.146. The fraction of sp³-hybridized carbons (Fsp3) is 0.722. The van der Waals surface area contributed by atoms with Gasteiger partial charge in [0, 0.05) is 37.6 Å². The molecule has 3 rings (SSSR count). The molecule has 6 heteroatoms. The summed E-state index contributed by atoms with van der Waals surface area (Å²) in [6.45, 7) is 11.1. The summed E-state index contributed by atoms with van der Waals surface area (Å²) >= 11 is 0. The number of piperazine rings is 1. The highest BCUT2D eigenvalue weighted by atomic mass is 16.6. The second-order valence-corrected chi connectivity index (χ2v) is 8.08. The van der Waals surface area contributed by atoms with Gasteiger partial charge in [-0.2, -0.15) is 0 Å². The molecule has 6 nitrogen and oxygen atoms in total. The molecule has 0 spiro atoms. The van der Waals surface area contributed by atoms with Gasteiger partial charge in [0.1, 0.15) is 5.60 Å². The average molecular weight is 332 g/mol. The molecule has 24 heavy (non-hydrogen) atoms. The van der Waals surface area contributed by atoms with E-state index in [-0.39, 0.29) is 18.2 Å². The van der Waals surface area contributed by atoms with Crippen molar-refractivity contribution in [2.75, 3.05) is 18.0 Å². The molecule has 1 amide bonds. The SMILES string of the molecule is CC1CN(C(=O)OC(C)(C)C)CC(C)N1c1ncc(C2CC2)cn1. The van der Waals surface area contributed by atoms with E-state index in [9.17, 15) is 4.79 Å². The molecular formula is C18H28N4O2. The summed E-state index contributed by atoms with van der Waals surface area (Å²) < 4.78 is 5.50. The van der Waals surface area contributed by atoms with Crippen molar-refractivity contribution in [2.45, 2.75) is 71.1 Å². The first kappa shape index (κ1) is 17.0. The van der Waals surface area contributed by atoms with E-state index in [1.165, 1.54) is 18.4 Å². The van der Waals surface area contributed by atoms with Gasteiger partial charge in [-0.05, 0) is 58.9 Å². The average Bonchev–Trinajstić information content (AvgIpc) is 3.30. The zero-order valence-electron chi connectivity index (χ0n) is 15.3. The number of hydrogen-bond donors (Lipinski definition) is 0. The van der Waals surface area contributed by atoms with Crippen LogP contribution in [-0.2, 0) is 4.74 Å². The van der Waals surface area contributed by atoms with E-state index in [4.69, 9.17) is 4.74 Å². The van der Waals surface area contributed by atoms with Gasteiger partial charge in [-0.25, -0.2) is 14.8 Å². The number of nitrogens with zero attached hydrogens (tertiary/aromatic N) is 4. The van der Waals surface area contributed by atoms with Crippen molar-refractivity contribution in [1.29, 1.82) is 0 Å². The van der Waals surface area contributed by atoms with Gasteiger partial charge >= 0.3 is 6.09 Å². The molecule has 2 heterocycles. The van der Waals surface area contributed by atoms with Gasteiger partial charge in [0.2, 0.25) is 5.95 Å². The van der Waals surface area contributed by atoms with Crippen LogP contribution in [0.5, 0.6) is 0 Å². The van der Waals surface area contributed by atoms with E-state index in [0.29, 0.717) is 19.0 Å². The van der Waals surface area contributed by atoms with Crippen LogP contribution in [0.4, 0.5) is 10.7 Å². The molecule has 2 unspecified atom stereocenters. The highest BCUT2D eigenvalue weighted by Crippen LogP contribution is 2.39. The maximum Gasteiger partial charge on any atom is 0.410 e. The Bertz CT molecular complexity index is 580. The molecule has 2 fully saturated rings. The number of ether oxygens (including phenoxy) is 1. The molecule has 0 N–H and O–H groups in total. The molecule has 0 bridgehead atoms. The van der Waals surface area contributed by atoms with E-state index < -0.39 is 5.60 Å². The van der Waals surface area contributed by atoms with E-state index in [2.05, 4.69) is 28.7 Å². The lowest BCUT2D eigenvalue weighted by atomic mass is 10.1. The zero-order chi connectivity index (χ0) is 17.5. The lowest BCUT2D eigenvalue weighted by Crippen LogP contribution is -2.59. The molecule has 2 aliphatic rings. The number of carbonyl (C=O) groups excluding carboxylic acids is 1. The second kappa shape index (κ2) is 6.22. The predicted molar refractivity (Wildman–Crippen MR) is 93.2 cm³/mol. The van der Waals surface area contributed by atoms with Crippen LogP contribution >= 0.6 is 0 Å². The predicted octanol–water partition coefficient (Wildman–Crippen LogP) is 3.19. The Kier molecular flexibility index (Phi) is 4.40. The third kappa shape index (κ3) is 3.79. The zero-order valence-corrected chi connectivity index (χ0v) is 15.3. The van der Waals surface area contributed by atoms with Gasteiger partial charge in [-0.3, -0.25) is 0 Å². The number of rotatable bonds is 2. The van der Waals surface area contributed by atoms with Crippen molar-refractivity contribution in [3.05, 3.63) is 18.0 Å². The minimum atomic E-state index is -0.470. The van der Waals surface area contributed by atoms with Crippen molar-refractivity contribution in [3.8, 4) is 0 Å². The van der Waals surface area contributed by atoms with Crippen molar-refractivity contribution in [1.82, 2.24) is 14.9 Å². The lowest BCUT2D eigenvalue weighted by molar-refractivity contribution is 0.0192. The van der Waals surface area contributed by atoms with Gasteiger partial charge in [0.05, 0.1) is 0 Å². The molecule has 1 aromatic rings. The van der Waals surface area contributed by atoms with E-state index in [0.717, 1.165) is 5.95 Å². The van der Waals surface area contributed by atoms with E-state index >= 15 is 0 Å².